The average molecular weight is 268 g/mol. The van der Waals surface area contributed by atoms with Crippen LogP contribution in [-0.2, 0) is 6.54 Å². The number of nitrogens with two attached hydrogens (primary N) is 1. The minimum atomic E-state index is -0.00428. The van der Waals surface area contributed by atoms with Gasteiger partial charge in [-0.15, -0.1) is 0 Å². The van der Waals surface area contributed by atoms with E-state index in [1.807, 2.05) is 44.3 Å². The van der Waals surface area contributed by atoms with Gasteiger partial charge in [-0.3, -0.25) is 4.79 Å². The molecule has 0 aliphatic heterocycles. The van der Waals surface area contributed by atoms with Crippen LogP contribution in [0.15, 0.2) is 42.5 Å². The number of hydrogen-bond donors (Lipinski definition) is 1. The second kappa shape index (κ2) is 5.78. The number of nitrogen functional groups attached to an aromatic ring is 1. The second-order valence-electron chi connectivity index (χ2n) is 5.17. The van der Waals surface area contributed by atoms with Gasteiger partial charge in [-0.2, -0.15) is 0 Å². The number of nitrogens with zero attached hydrogens (tertiary/aromatic N) is 1. The predicted octanol–water partition coefficient (Wildman–Crippen LogP) is 3.16. The lowest BCUT2D eigenvalue weighted by molar-refractivity contribution is 0.0784. The molecule has 0 fully saturated rings. The Labute approximate surface area is 120 Å². The maximum Gasteiger partial charge on any atom is 0.254 e. The smallest absolute Gasteiger partial charge is 0.254 e. The molecule has 20 heavy (non-hydrogen) atoms. The lowest BCUT2D eigenvalue weighted by atomic mass is 10.1. The summed E-state index contributed by atoms with van der Waals surface area (Å²) in [6.45, 7) is 4.52. The summed E-state index contributed by atoms with van der Waals surface area (Å²) in [5.41, 5.74) is 10.4. The minimum Gasteiger partial charge on any atom is -0.398 e. The van der Waals surface area contributed by atoms with Crippen LogP contribution >= 0.6 is 0 Å². The Kier molecular flexibility index (Phi) is 4.08. The highest BCUT2D eigenvalue weighted by molar-refractivity contribution is 5.96. The van der Waals surface area contributed by atoms with E-state index in [0.717, 1.165) is 11.1 Å². The van der Waals surface area contributed by atoms with E-state index >= 15 is 0 Å². The molecular weight excluding hydrogens is 248 g/mol. The van der Waals surface area contributed by atoms with Crippen molar-refractivity contribution in [3.63, 3.8) is 0 Å². The van der Waals surface area contributed by atoms with Gasteiger partial charge in [0.1, 0.15) is 0 Å². The molecule has 104 valence electrons. The van der Waals surface area contributed by atoms with Gasteiger partial charge in [0.25, 0.3) is 5.91 Å². The zero-order valence-electron chi connectivity index (χ0n) is 12.2. The van der Waals surface area contributed by atoms with Crippen molar-refractivity contribution in [1.82, 2.24) is 4.90 Å². The van der Waals surface area contributed by atoms with Crippen molar-refractivity contribution in [1.29, 1.82) is 0 Å². The van der Waals surface area contributed by atoms with Crippen molar-refractivity contribution in [3.8, 4) is 0 Å². The molecule has 3 heteroatoms. The van der Waals surface area contributed by atoms with Gasteiger partial charge < -0.3 is 10.6 Å². The third-order valence-electron chi connectivity index (χ3n) is 3.49. The summed E-state index contributed by atoms with van der Waals surface area (Å²) in [6.07, 6.45) is 0. The van der Waals surface area contributed by atoms with Crippen molar-refractivity contribution in [3.05, 3.63) is 64.7 Å². The SMILES string of the molecule is Cc1ccc(CN(C)C(=O)c2cccc(N)c2C)cc1. The van der Waals surface area contributed by atoms with Gasteiger partial charge in [0.05, 0.1) is 0 Å². The maximum atomic E-state index is 12.5. The molecule has 0 atom stereocenters. The van der Waals surface area contributed by atoms with Crippen LogP contribution in [0, 0.1) is 13.8 Å². The molecule has 0 radical (unpaired) electrons. The molecule has 2 N–H and O–H groups in total. The van der Waals surface area contributed by atoms with E-state index in [9.17, 15) is 4.79 Å². The zero-order valence-corrected chi connectivity index (χ0v) is 12.2. The number of hydrogen-bond acceptors (Lipinski definition) is 2. The van der Waals surface area contributed by atoms with Gasteiger partial charge in [-0.05, 0) is 37.1 Å². The van der Waals surface area contributed by atoms with Gasteiger partial charge >= 0.3 is 0 Å². The predicted molar refractivity (Wildman–Crippen MR) is 82.6 cm³/mol. The van der Waals surface area contributed by atoms with E-state index in [0.29, 0.717) is 17.8 Å². The normalized spacial score (nSPS) is 10.3. The lowest BCUT2D eigenvalue weighted by Gasteiger charge is -2.19. The van der Waals surface area contributed by atoms with E-state index in [2.05, 4.69) is 19.1 Å². The summed E-state index contributed by atoms with van der Waals surface area (Å²) < 4.78 is 0. The molecule has 2 rings (SSSR count). The lowest BCUT2D eigenvalue weighted by Crippen LogP contribution is -2.27. The first-order valence-electron chi connectivity index (χ1n) is 6.65. The quantitative estimate of drug-likeness (QED) is 0.869. The van der Waals surface area contributed by atoms with Crippen LogP contribution in [0.4, 0.5) is 5.69 Å². The van der Waals surface area contributed by atoms with Crippen molar-refractivity contribution < 1.29 is 4.79 Å². The van der Waals surface area contributed by atoms with E-state index < -0.39 is 0 Å². The summed E-state index contributed by atoms with van der Waals surface area (Å²) in [5.74, 6) is -0.00428. The van der Waals surface area contributed by atoms with Gasteiger partial charge in [0, 0.05) is 24.8 Å². The van der Waals surface area contributed by atoms with E-state index in [-0.39, 0.29) is 5.91 Å². The third-order valence-corrected chi connectivity index (χ3v) is 3.49. The molecule has 0 aromatic heterocycles. The van der Waals surface area contributed by atoms with Gasteiger partial charge in [0.2, 0.25) is 0 Å². The Morgan fingerprint density at radius 3 is 2.40 bits per heavy atom. The highest BCUT2D eigenvalue weighted by atomic mass is 16.2. The molecule has 0 aliphatic carbocycles. The van der Waals surface area contributed by atoms with Gasteiger partial charge in [0.15, 0.2) is 0 Å². The maximum absolute atomic E-state index is 12.5. The van der Waals surface area contributed by atoms with Crippen molar-refractivity contribution in [2.75, 3.05) is 12.8 Å². The van der Waals surface area contributed by atoms with Crippen LogP contribution in [0.2, 0.25) is 0 Å². The van der Waals surface area contributed by atoms with Crippen molar-refractivity contribution in [2.45, 2.75) is 20.4 Å². The molecule has 2 aromatic rings. The molecule has 0 saturated heterocycles. The molecule has 3 nitrogen and oxygen atoms in total. The topological polar surface area (TPSA) is 46.3 Å². The first-order chi connectivity index (χ1) is 9.49. The summed E-state index contributed by atoms with van der Waals surface area (Å²) in [6, 6.07) is 13.6. The number of amides is 1. The molecular formula is C17H20N2O. The van der Waals surface area contributed by atoms with Crippen LogP contribution in [0.25, 0.3) is 0 Å². The third kappa shape index (κ3) is 2.99. The second-order valence-corrected chi connectivity index (χ2v) is 5.17. The molecule has 0 unspecified atom stereocenters. The van der Waals surface area contributed by atoms with Crippen molar-refractivity contribution in [2.24, 2.45) is 0 Å². The highest BCUT2D eigenvalue weighted by Crippen LogP contribution is 2.18. The molecule has 1 amide bonds. The zero-order chi connectivity index (χ0) is 14.7. The first kappa shape index (κ1) is 14.1. The fourth-order valence-electron chi connectivity index (χ4n) is 2.13. The standard InChI is InChI=1S/C17H20N2O/c1-12-7-9-14(10-8-12)11-19(3)17(20)15-5-4-6-16(18)13(15)2/h4-10H,11,18H2,1-3H3. The Hall–Kier alpha value is -2.29. The van der Waals surface area contributed by atoms with E-state index in [1.165, 1.54) is 5.56 Å². The van der Waals surface area contributed by atoms with Crippen LogP contribution in [0.1, 0.15) is 27.0 Å². The monoisotopic (exact) mass is 268 g/mol. The Balaban J connectivity index is 2.16. The number of aryl methyl sites for hydroxylation is 1. The number of benzene rings is 2. The largest absolute Gasteiger partial charge is 0.398 e. The first-order valence-corrected chi connectivity index (χ1v) is 6.65. The number of carbonyl (C=O) groups excluding carboxylic acids is 1. The molecule has 0 bridgehead atoms. The average Bonchev–Trinajstić information content (AvgIpc) is 2.43. The van der Waals surface area contributed by atoms with Crippen LogP contribution in [-0.4, -0.2) is 17.9 Å². The summed E-state index contributed by atoms with van der Waals surface area (Å²) in [4.78, 5) is 14.2. The Bertz CT molecular complexity index is 617. The van der Waals surface area contributed by atoms with Gasteiger partial charge in [-0.25, -0.2) is 0 Å². The fraction of sp³-hybridized carbons (Fsp3) is 0.235. The minimum absolute atomic E-state index is 0.00428. The van der Waals surface area contributed by atoms with E-state index in [1.54, 1.807) is 4.90 Å². The van der Waals surface area contributed by atoms with Crippen molar-refractivity contribution >= 4 is 11.6 Å². The Morgan fingerprint density at radius 2 is 1.75 bits per heavy atom. The summed E-state index contributed by atoms with van der Waals surface area (Å²) in [5, 5.41) is 0. The molecule has 0 spiro atoms. The fourth-order valence-corrected chi connectivity index (χ4v) is 2.13. The summed E-state index contributed by atoms with van der Waals surface area (Å²) >= 11 is 0. The van der Waals surface area contributed by atoms with Gasteiger partial charge in [-0.1, -0.05) is 35.9 Å². The highest BCUT2D eigenvalue weighted by Gasteiger charge is 2.15. The van der Waals surface area contributed by atoms with E-state index in [4.69, 9.17) is 5.73 Å². The molecule has 0 aliphatic rings. The molecule has 0 saturated carbocycles. The number of rotatable bonds is 3. The number of carbonyl (C=O) groups is 1. The van der Waals surface area contributed by atoms with Crippen LogP contribution in [0.5, 0.6) is 0 Å². The Morgan fingerprint density at radius 1 is 1.10 bits per heavy atom. The molecule has 2 aromatic carbocycles. The summed E-state index contributed by atoms with van der Waals surface area (Å²) in [7, 11) is 1.81. The molecule has 0 heterocycles. The van der Waals surface area contributed by atoms with Crippen LogP contribution in [0.3, 0.4) is 0 Å². The number of anilines is 1. The van der Waals surface area contributed by atoms with Crippen LogP contribution < -0.4 is 5.73 Å².